The van der Waals surface area contributed by atoms with Gasteiger partial charge in [0.05, 0.1) is 23.1 Å². The number of anilines is 1. The quantitative estimate of drug-likeness (QED) is 0.775. The van der Waals surface area contributed by atoms with Crippen LogP contribution in [0.2, 0.25) is 0 Å². The number of piperidine rings is 1. The van der Waals surface area contributed by atoms with Crippen molar-refractivity contribution in [2.24, 2.45) is 5.92 Å². The summed E-state index contributed by atoms with van der Waals surface area (Å²) in [6.07, 6.45) is 4.71. The lowest BCUT2D eigenvalue weighted by molar-refractivity contribution is -0.120. The molecule has 6 nitrogen and oxygen atoms in total. The maximum Gasteiger partial charge on any atom is 0.227 e. The molecule has 1 aliphatic heterocycles. The van der Waals surface area contributed by atoms with Crippen LogP contribution in [0.1, 0.15) is 44.5 Å². The zero-order valence-corrected chi connectivity index (χ0v) is 17.7. The Bertz CT molecular complexity index is 889. The fourth-order valence-corrected chi connectivity index (χ4v) is 4.30. The second kappa shape index (κ2) is 8.30. The second-order valence-corrected chi connectivity index (χ2v) is 8.94. The molecule has 1 saturated carbocycles. The predicted molar refractivity (Wildman–Crippen MR) is 114 cm³/mol. The number of benzene rings is 1. The van der Waals surface area contributed by atoms with Crippen molar-refractivity contribution in [2.45, 2.75) is 45.1 Å². The second-order valence-electron chi connectivity index (χ2n) is 8.94. The molecule has 29 heavy (non-hydrogen) atoms. The number of imidazole rings is 1. The molecule has 2 aromatic rings. The molecule has 1 amide bonds. The average Bonchev–Trinajstić information content (AvgIpc) is 3.43. The van der Waals surface area contributed by atoms with E-state index in [0.717, 1.165) is 50.2 Å². The number of nitrogens with zero attached hydrogens (tertiary/aromatic N) is 4. The van der Waals surface area contributed by atoms with Gasteiger partial charge >= 0.3 is 0 Å². The zero-order valence-electron chi connectivity index (χ0n) is 17.7. The molecule has 1 atom stereocenters. The van der Waals surface area contributed by atoms with Crippen molar-refractivity contribution < 1.29 is 9.18 Å². The minimum atomic E-state index is -0.214. The lowest BCUT2D eigenvalue weighted by Gasteiger charge is -2.33. The molecule has 1 unspecified atom stereocenters. The third kappa shape index (κ3) is 4.55. The molecule has 1 saturated heterocycles. The minimum Gasteiger partial charge on any atom is -0.369 e. The Balaban J connectivity index is 1.61. The van der Waals surface area contributed by atoms with E-state index in [1.807, 2.05) is 25.1 Å². The molecule has 0 bridgehead atoms. The summed E-state index contributed by atoms with van der Waals surface area (Å²) in [7, 11) is 3.96. The highest BCUT2D eigenvalue weighted by Crippen LogP contribution is 2.40. The summed E-state index contributed by atoms with van der Waals surface area (Å²) in [6, 6.07) is 3.89. The van der Waals surface area contributed by atoms with Crippen LogP contribution in [0.3, 0.4) is 0 Å². The number of nitrogens with one attached hydrogen (secondary N) is 1. The van der Waals surface area contributed by atoms with Crippen LogP contribution in [-0.4, -0.2) is 60.6 Å². The van der Waals surface area contributed by atoms with Gasteiger partial charge < -0.3 is 19.7 Å². The van der Waals surface area contributed by atoms with E-state index in [1.54, 1.807) is 6.07 Å². The lowest BCUT2D eigenvalue weighted by atomic mass is 9.99. The first-order chi connectivity index (χ1) is 13.9. The van der Waals surface area contributed by atoms with Gasteiger partial charge in [-0.05, 0) is 51.8 Å². The Morgan fingerprint density at radius 1 is 1.31 bits per heavy atom. The molecule has 158 valence electrons. The van der Waals surface area contributed by atoms with Crippen molar-refractivity contribution in [3.05, 3.63) is 23.8 Å². The fourth-order valence-electron chi connectivity index (χ4n) is 4.30. The molecule has 2 aliphatic rings. The average molecular weight is 402 g/mol. The van der Waals surface area contributed by atoms with Gasteiger partial charge in [-0.25, -0.2) is 9.37 Å². The minimum absolute atomic E-state index is 0.0328. The van der Waals surface area contributed by atoms with Crippen molar-refractivity contribution >= 4 is 22.6 Å². The van der Waals surface area contributed by atoms with Gasteiger partial charge in [-0.1, -0.05) is 6.92 Å². The highest BCUT2D eigenvalue weighted by molar-refractivity contribution is 5.84. The summed E-state index contributed by atoms with van der Waals surface area (Å²) in [6.45, 7) is 5.42. The molecule has 0 spiro atoms. The molecule has 1 aliphatic carbocycles. The maximum absolute atomic E-state index is 14.9. The molecule has 1 aromatic carbocycles. The Hall–Kier alpha value is -2.15. The zero-order chi connectivity index (χ0) is 20.5. The first-order valence-corrected chi connectivity index (χ1v) is 10.8. The monoisotopic (exact) mass is 401 g/mol. The van der Waals surface area contributed by atoms with E-state index in [9.17, 15) is 9.18 Å². The van der Waals surface area contributed by atoms with Crippen LogP contribution in [0.25, 0.3) is 11.0 Å². The van der Waals surface area contributed by atoms with Gasteiger partial charge in [-0.2, -0.15) is 0 Å². The Morgan fingerprint density at radius 3 is 2.79 bits per heavy atom. The predicted octanol–water partition coefficient (Wildman–Crippen LogP) is 2.97. The molecule has 2 fully saturated rings. The van der Waals surface area contributed by atoms with E-state index < -0.39 is 0 Å². The van der Waals surface area contributed by atoms with E-state index in [2.05, 4.69) is 26.7 Å². The van der Waals surface area contributed by atoms with Gasteiger partial charge in [-0.3, -0.25) is 4.79 Å². The van der Waals surface area contributed by atoms with Crippen LogP contribution in [0, 0.1) is 11.7 Å². The third-order valence-electron chi connectivity index (χ3n) is 5.94. The van der Waals surface area contributed by atoms with Gasteiger partial charge in [0.1, 0.15) is 11.6 Å². The van der Waals surface area contributed by atoms with E-state index in [0.29, 0.717) is 29.7 Å². The fraction of sp³-hybridized carbons (Fsp3) is 0.636. The van der Waals surface area contributed by atoms with Crippen molar-refractivity contribution in [2.75, 3.05) is 45.2 Å². The summed E-state index contributed by atoms with van der Waals surface area (Å²) in [5.74, 6) is 1.07. The Morgan fingerprint density at radius 2 is 2.10 bits per heavy atom. The van der Waals surface area contributed by atoms with E-state index in [4.69, 9.17) is 0 Å². The number of halogens is 1. The molecular formula is C22H32FN5O. The smallest absolute Gasteiger partial charge is 0.227 e. The molecule has 1 aromatic heterocycles. The number of fused-ring (bicyclic) bond motifs is 1. The first-order valence-electron chi connectivity index (χ1n) is 10.8. The number of carbonyl (C=O) groups excluding carboxylic acids is 1. The van der Waals surface area contributed by atoms with Crippen LogP contribution in [-0.2, 0) is 11.2 Å². The van der Waals surface area contributed by atoms with Crippen LogP contribution < -0.4 is 10.2 Å². The number of carbonyl (C=O) groups is 1. The number of hydrogen-bond donors (Lipinski definition) is 1. The maximum atomic E-state index is 14.9. The summed E-state index contributed by atoms with van der Waals surface area (Å²) >= 11 is 0. The number of amides is 1. The number of likely N-dealkylation sites (N-methyl/N-ethyl adjacent to an activating group) is 1. The van der Waals surface area contributed by atoms with Crippen molar-refractivity contribution in [1.82, 2.24) is 19.8 Å². The standard InChI is InChI=1S/C22H32FN5O/c1-15-5-4-9-27(14-15)19-12-20-18(11-17(19)23)25-21(28(20)16-6-7-16)13-22(29)24-8-10-26(2)3/h11-12,15-16H,4-10,13-14H2,1-3H3,(H,24,29). The molecule has 1 N–H and O–H groups in total. The highest BCUT2D eigenvalue weighted by Gasteiger charge is 2.30. The summed E-state index contributed by atoms with van der Waals surface area (Å²) < 4.78 is 17.1. The lowest BCUT2D eigenvalue weighted by Crippen LogP contribution is -2.34. The van der Waals surface area contributed by atoms with Crippen molar-refractivity contribution in [1.29, 1.82) is 0 Å². The van der Waals surface area contributed by atoms with E-state index >= 15 is 0 Å². The molecule has 0 radical (unpaired) electrons. The summed E-state index contributed by atoms with van der Waals surface area (Å²) in [4.78, 5) is 21.3. The van der Waals surface area contributed by atoms with Crippen LogP contribution >= 0.6 is 0 Å². The normalized spacial score (nSPS) is 19.9. The number of rotatable bonds is 7. The highest BCUT2D eigenvalue weighted by atomic mass is 19.1. The van der Waals surface area contributed by atoms with Gasteiger partial charge in [0.15, 0.2) is 0 Å². The van der Waals surface area contributed by atoms with Gasteiger partial charge in [0.25, 0.3) is 0 Å². The number of hydrogen-bond acceptors (Lipinski definition) is 4. The van der Waals surface area contributed by atoms with Crippen LogP contribution in [0.4, 0.5) is 10.1 Å². The third-order valence-corrected chi connectivity index (χ3v) is 5.94. The van der Waals surface area contributed by atoms with Crippen LogP contribution in [0.5, 0.6) is 0 Å². The molecular weight excluding hydrogens is 369 g/mol. The molecule has 4 rings (SSSR count). The largest absolute Gasteiger partial charge is 0.369 e. The summed E-state index contributed by atoms with van der Waals surface area (Å²) in [5, 5.41) is 2.96. The van der Waals surface area contributed by atoms with E-state index in [-0.39, 0.29) is 18.1 Å². The Labute approximate surface area is 172 Å². The number of aromatic nitrogens is 2. The molecule has 2 heterocycles. The SMILES string of the molecule is CC1CCCN(c2cc3c(cc2F)nc(CC(=O)NCCN(C)C)n3C2CC2)C1. The first kappa shape index (κ1) is 20.1. The van der Waals surface area contributed by atoms with Gasteiger partial charge in [-0.15, -0.1) is 0 Å². The topological polar surface area (TPSA) is 53.4 Å². The van der Waals surface area contributed by atoms with Gasteiger partial charge in [0.2, 0.25) is 5.91 Å². The van der Waals surface area contributed by atoms with Crippen LogP contribution in [0.15, 0.2) is 12.1 Å². The van der Waals surface area contributed by atoms with Gasteiger partial charge in [0, 0.05) is 38.3 Å². The van der Waals surface area contributed by atoms with Crippen molar-refractivity contribution in [3.8, 4) is 0 Å². The summed E-state index contributed by atoms with van der Waals surface area (Å²) in [5.41, 5.74) is 2.28. The molecule has 7 heteroatoms. The van der Waals surface area contributed by atoms with E-state index in [1.165, 1.54) is 6.42 Å². The Kier molecular flexibility index (Phi) is 5.76. The van der Waals surface area contributed by atoms with Crippen molar-refractivity contribution in [3.63, 3.8) is 0 Å².